The van der Waals surface area contributed by atoms with E-state index in [0.717, 1.165) is 5.69 Å². The van der Waals surface area contributed by atoms with Crippen LogP contribution in [0.2, 0.25) is 10.0 Å². The Kier molecular flexibility index (Phi) is 5.03. The second-order valence-corrected chi connectivity index (χ2v) is 6.69. The smallest absolute Gasteiger partial charge is 0.407 e. The molecule has 0 aliphatic carbocycles. The van der Waals surface area contributed by atoms with E-state index in [1.807, 2.05) is 6.26 Å². The van der Waals surface area contributed by atoms with Gasteiger partial charge in [0.15, 0.2) is 5.16 Å². The monoisotopic (exact) mass is 385 g/mol. The van der Waals surface area contributed by atoms with Gasteiger partial charge in [-0.05, 0) is 24.5 Å². The Labute approximate surface area is 152 Å². The average Bonchev–Trinajstić information content (AvgIpc) is 2.56. The van der Waals surface area contributed by atoms with Gasteiger partial charge in [0.05, 0.1) is 22.8 Å². The van der Waals surface area contributed by atoms with E-state index < -0.39 is 6.09 Å². The van der Waals surface area contributed by atoms with Gasteiger partial charge in [-0.2, -0.15) is 4.98 Å². The molecule has 0 saturated heterocycles. The molecule has 1 amide bonds. The predicted molar refractivity (Wildman–Crippen MR) is 92.5 cm³/mol. The van der Waals surface area contributed by atoms with Crippen molar-refractivity contribution in [3.05, 3.63) is 39.5 Å². The molecule has 0 spiro atoms. The molecule has 0 bridgehead atoms. The van der Waals surface area contributed by atoms with Gasteiger partial charge in [-0.1, -0.05) is 35.0 Å². The molecule has 1 aromatic carbocycles. The number of rotatable bonds is 3. The van der Waals surface area contributed by atoms with Crippen molar-refractivity contribution in [2.75, 3.05) is 12.8 Å². The summed E-state index contributed by atoms with van der Waals surface area (Å²) in [5.41, 5.74) is 1.46. The highest BCUT2D eigenvalue weighted by molar-refractivity contribution is 7.98. The van der Waals surface area contributed by atoms with Gasteiger partial charge in [0.2, 0.25) is 5.88 Å². The third kappa shape index (κ3) is 3.53. The van der Waals surface area contributed by atoms with Crippen molar-refractivity contribution in [2.24, 2.45) is 0 Å². The van der Waals surface area contributed by atoms with Crippen molar-refractivity contribution in [3.8, 4) is 11.6 Å². The number of hydrogen-bond donors (Lipinski definition) is 1. The lowest BCUT2D eigenvalue weighted by Gasteiger charge is -2.27. The highest BCUT2D eigenvalue weighted by atomic mass is 35.5. The van der Waals surface area contributed by atoms with Crippen LogP contribution < -0.4 is 4.74 Å². The molecule has 1 aliphatic heterocycles. The van der Waals surface area contributed by atoms with Crippen LogP contribution in [0.5, 0.6) is 11.6 Å². The zero-order valence-corrected chi connectivity index (χ0v) is 15.0. The van der Waals surface area contributed by atoms with E-state index in [1.54, 1.807) is 18.2 Å². The predicted octanol–water partition coefficient (Wildman–Crippen LogP) is 4.33. The molecule has 1 aliphatic rings. The van der Waals surface area contributed by atoms with Crippen LogP contribution >= 0.6 is 35.0 Å². The largest absolute Gasteiger partial charge is 0.465 e. The molecule has 126 valence electrons. The van der Waals surface area contributed by atoms with E-state index in [4.69, 9.17) is 27.9 Å². The number of ether oxygens (including phenoxy) is 1. The maximum atomic E-state index is 11.3. The van der Waals surface area contributed by atoms with Crippen molar-refractivity contribution < 1.29 is 14.6 Å². The number of thioether (sulfide) groups is 1. The molecule has 2 heterocycles. The third-order valence-electron chi connectivity index (χ3n) is 3.56. The summed E-state index contributed by atoms with van der Waals surface area (Å²) in [5, 5.41) is 10.6. The Balaban J connectivity index is 2.01. The number of amides is 1. The maximum Gasteiger partial charge on any atom is 0.407 e. The van der Waals surface area contributed by atoms with Gasteiger partial charge in [0.1, 0.15) is 5.75 Å². The minimum absolute atomic E-state index is 0.180. The van der Waals surface area contributed by atoms with E-state index in [-0.39, 0.29) is 6.54 Å². The summed E-state index contributed by atoms with van der Waals surface area (Å²) in [6.07, 6.45) is 1.40. The zero-order chi connectivity index (χ0) is 17.3. The molecule has 0 atom stereocenters. The Morgan fingerprint density at radius 2 is 2.17 bits per heavy atom. The minimum atomic E-state index is -0.981. The highest BCUT2D eigenvalue weighted by Crippen LogP contribution is 2.35. The molecular formula is C15H13Cl2N3O3S. The lowest BCUT2D eigenvalue weighted by Crippen LogP contribution is -2.35. The zero-order valence-electron chi connectivity index (χ0n) is 12.6. The third-order valence-corrected chi connectivity index (χ3v) is 4.63. The van der Waals surface area contributed by atoms with Crippen molar-refractivity contribution in [1.82, 2.24) is 14.9 Å². The fourth-order valence-electron chi connectivity index (χ4n) is 2.36. The Morgan fingerprint density at radius 1 is 1.38 bits per heavy atom. The van der Waals surface area contributed by atoms with E-state index in [0.29, 0.717) is 45.4 Å². The van der Waals surface area contributed by atoms with Crippen molar-refractivity contribution >= 4 is 41.1 Å². The number of benzene rings is 1. The Morgan fingerprint density at radius 3 is 2.83 bits per heavy atom. The van der Waals surface area contributed by atoms with Crippen LogP contribution in [-0.2, 0) is 13.0 Å². The van der Waals surface area contributed by atoms with Gasteiger partial charge in [-0.25, -0.2) is 9.78 Å². The number of carbonyl (C=O) groups is 1. The van der Waals surface area contributed by atoms with Crippen LogP contribution in [0, 0.1) is 0 Å². The summed E-state index contributed by atoms with van der Waals surface area (Å²) in [6, 6.07) is 4.89. The molecule has 9 heteroatoms. The summed E-state index contributed by atoms with van der Waals surface area (Å²) in [4.78, 5) is 21.4. The molecule has 24 heavy (non-hydrogen) atoms. The quantitative estimate of drug-likeness (QED) is 0.625. The summed E-state index contributed by atoms with van der Waals surface area (Å²) >= 11 is 13.4. The first kappa shape index (κ1) is 17.1. The first-order chi connectivity index (χ1) is 11.5. The normalized spacial score (nSPS) is 13.5. The van der Waals surface area contributed by atoms with Gasteiger partial charge in [0.25, 0.3) is 0 Å². The molecule has 0 fully saturated rings. The van der Waals surface area contributed by atoms with Crippen molar-refractivity contribution in [2.45, 2.75) is 18.1 Å². The van der Waals surface area contributed by atoms with Crippen molar-refractivity contribution in [3.63, 3.8) is 0 Å². The molecule has 3 rings (SSSR count). The lowest BCUT2D eigenvalue weighted by atomic mass is 10.1. The number of aromatic nitrogens is 2. The Bertz CT molecular complexity index is 804. The molecule has 1 aromatic heterocycles. The van der Waals surface area contributed by atoms with Crippen LogP contribution in [0.1, 0.15) is 11.3 Å². The first-order valence-corrected chi connectivity index (χ1v) is 9.00. The number of carboxylic acid groups (broad SMARTS) is 1. The van der Waals surface area contributed by atoms with E-state index >= 15 is 0 Å². The fourth-order valence-corrected chi connectivity index (χ4v) is 3.19. The van der Waals surface area contributed by atoms with Gasteiger partial charge in [-0.15, -0.1) is 0 Å². The van der Waals surface area contributed by atoms with Crippen LogP contribution in [0.3, 0.4) is 0 Å². The van der Waals surface area contributed by atoms with Crippen molar-refractivity contribution in [1.29, 1.82) is 0 Å². The maximum absolute atomic E-state index is 11.3. The molecule has 6 nitrogen and oxygen atoms in total. The SMILES string of the molecule is CSc1nc2c(c(Oc3ccc(Cl)cc3Cl)n1)CN(C(=O)O)CC2. The first-order valence-electron chi connectivity index (χ1n) is 7.02. The number of hydrogen-bond acceptors (Lipinski definition) is 5. The van der Waals surface area contributed by atoms with Gasteiger partial charge < -0.3 is 14.7 Å². The van der Waals surface area contributed by atoms with E-state index in [1.165, 1.54) is 16.7 Å². The lowest BCUT2D eigenvalue weighted by molar-refractivity contribution is 0.138. The molecule has 0 saturated carbocycles. The Hall–Kier alpha value is -1.70. The topological polar surface area (TPSA) is 75.6 Å². The summed E-state index contributed by atoms with van der Waals surface area (Å²) in [5.74, 6) is 0.723. The second kappa shape index (κ2) is 7.04. The molecular weight excluding hydrogens is 373 g/mol. The van der Waals surface area contributed by atoms with E-state index in [2.05, 4.69) is 9.97 Å². The summed E-state index contributed by atoms with van der Waals surface area (Å²) < 4.78 is 5.86. The molecule has 2 aromatic rings. The number of halogens is 2. The van der Waals surface area contributed by atoms with Crippen LogP contribution in [-0.4, -0.2) is 38.9 Å². The molecule has 1 N–H and O–H groups in total. The number of nitrogens with zero attached hydrogens (tertiary/aromatic N) is 3. The van der Waals surface area contributed by atoms with Crippen LogP contribution in [0.15, 0.2) is 23.4 Å². The van der Waals surface area contributed by atoms with Gasteiger partial charge in [-0.3, -0.25) is 0 Å². The average molecular weight is 386 g/mol. The van der Waals surface area contributed by atoms with Gasteiger partial charge in [0, 0.05) is 18.0 Å². The van der Waals surface area contributed by atoms with Gasteiger partial charge >= 0.3 is 6.09 Å². The van der Waals surface area contributed by atoms with Crippen LogP contribution in [0.4, 0.5) is 4.79 Å². The van der Waals surface area contributed by atoms with Crippen LogP contribution in [0.25, 0.3) is 0 Å². The molecule has 0 radical (unpaired) electrons. The number of fused-ring (bicyclic) bond motifs is 1. The van der Waals surface area contributed by atoms with E-state index in [9.17, 15) is 9.90 Å². The minimum Gasteiger partial charge on any atom is -0.465 e. The highest BCUT2D eigenvalue weighted by Gasteiger charge is 2.26. The fraction of sp³-hybridized carbons (Fsp3) is 0.267. The summed E-state index contributed by atoms with van der Waals surface area (Å²) in [7, 11) is 0. The second-order valence-electron chi connectivity index (χ2n) is 5.07. The summed E-state index contributed by atoms with van der Waals surface area (Å²) in [6.45, 7) is 0.578. The standard InChI is InChI=1S/C15H13Cl2N3O3S/c1-24-14-18-11-4-5-20(15(21)22)7-9(11)13(19-14)23-12-3-2-8(16)6-10(12)17/h2-3,6H,4-5,7H2,1H3,(H,21,22). The molecule has 0 unspecified atom stereocenters.